The van der Waals surface area contributed by atoms with E-state index in [0.717, 1.165) is 37.9 Å². The minimum absolute atomic E-state index is 0.0184. The molecule has 2 heterocycles. The van der Waals surface area contributed by atoms with Crippen LogP contribution in [0, 0.1) is 0 Å². The smallest absolute Gasteiger partial charge is 0.343 e. The number of rotatable bonds is 8. The Morgan fingerprint density at radius 2 is 2.06 bits per heavy atom. The van der Waals surface area contributed by atoms with Crippen LogP contribution in [0.15, 0.2) is 35.4 Å². The highest BCUT2D eigenvalue weighted by Crippen LogP contribution is 2.26. The van der Waals surface area contributed by atoms with Crippen molar-refractivity contribution in [3.63, 3.8) is 0 Å². The van der Waals surface area contributed by atoms with Gasteiger partial charge in [-0.1, -0.05) is 6.07 Å². The zero-order valence-corrected chi connectivity index (χ0v) is 18.9. The Bertz CT molecular complexity index is 1200. The predicted molar refractivity (Wildman–Crippen MR) is 125 cm³/mol. The van der Waals surface area contributed by atoms with Crippen molar-refractivity contribution in [1.82, 2.24) is 19.4 Å². The highest BCUT2D eigenvalue weighted by atomic mass is 16.5. The van der Waals surface area contributed by atoms with Gasteiger partial charge in [0.05, 0.1) is 12.0 Å². The normalized spacial score (nSPS) is 12.9. The summed E-state index contributed by atoms with van der Waals surface area (Å²) in [4.78, 5) is 36.6. The van der Waals surface area contributed by atoms with Gasteiger partial charge in [0.2, 0.25) is 11.4 Å². The van der Waals surface area contributed by atoms with Crippen molar-refractivity contribution in [2.75, 3.05) is 39.1 Å². The summed E-state index contributed by atoms with van der Waals surface area (Å²) in [5, 5.41) is 3.52. The number of carbonyl (C=O) groups excluding carboxylic acids is 1. The molecule has 0 saturated heterocycles. The lowest BCUT2D eigenvalue weighted by atomic mass is 10.1. The first-order chi connectivity index (χ1) is 15.5. The van der Waals surface area contributed by atoms with E-state index in [0.29, 0.717) is 18.1 Å². The third-order valence-electron chi connectivity index (χ3n) is 5.67. The van der Waals surface area contributed by atoms with Crippen molar-refractivity contribution < 1.29 is 9.53 Å². The maximum Gasteiger partial charge on any atom is 0.343 e. The molecule has 3 aromatic rings. The van der Waals surface area contributed by atoms with E-state index in [1.807, 2.05) is 20.2 Å². The highest BCUT2D eigenvalue weighted by molar-refractivity contribution is 5.93. The number of hydrogen-bond acceptors (Lipinski definition) is 7. The number of fused-ring (bicyclic) bond motifs is 2. The quantitative estimate of drug-likeness (QED) is 0.430. The molecular formula is C24H29N5O3. The molecule has 1 aromatic carbocycles. The number of benzene rings is 1. The van der Waals surface area contributed by atoms with Crippen LogP contribution < -0.4 is 10.7 Å². The lowest BCUT2D eigenvalue weighted by molar-refractivity contribution is 0.0524. The van der Waals surface area contributed by atoms with Crippen molar-refractivity contribution in [3.05, 3.63) is 57.5 Å². The molecule has 0 saturated carbocycles. The van der Waals surface area contributed by atoms with Crippen molar-refractivity contribution >= 4 is 23.0 Å². The molecule has 0 fully saturated rings. The van der Waals surface area contributed by atoms with Crippen LogP contribution in [0.2, 0.25) is 0 Å². The minimum atomic E-state index is -0.639. The van der Waals surface area contributed by atoms with Crippen molar-refractivity contribution in [2.24, 2.45) is 0 Å². The van der Waals surface area contributed by atoms with E-state index in [1.165, 1.54) is 17.3 Å². The highest BCUT2D eigenvalue weighted by Gasteiger charge is 2.20. The number of ether oxygens (including phenoxy) is 1. The van der Waals surface area contributed by atoms with Crippen molar-refractivity contribution in [3.8, 4) is 5.69 Å². The number of aromatic nitrogens is 3. The molecule has 8 nitrogen and oxygen atoms in total. The Morgan fingerprint density at radius 1 is 1.25 bits per heavy atom. The molecule has 8 heteroatoms. The van der Waals surface area contributed by atoms with Crippen LogP contribution in [0.1, 0.15) is 41.3 Å². The SMILES string of the molecule is CCOC(=O)c1cn(-c2ccc3c(c2)CCC3)c2nc(NCCCN(C)C)ncc2c1=O. The van der Waals surface area contributed by atoms with Crippen LogP contribution in [0.5, 0.6) is 0 Å². The second-order valence-corrected chi connectivity index (χ2v) is 8.28. The third kappa shape index (κ3) is 4.50. The van der Waals surface area contributed by atoms with Gasteiger partial charge in [0, 0.05) is 24.6 Å². The molecular weight excluding hydrogens is 406 g/mol. The van der Waals surface area contributed by atoms with Gasteiger partial charge in [-0.15, -0.1) is 0 Å². The molecule has 168 valence electrons. The van der Waals surface area contributed by atoms with Gasteiger partial charge < -0.3 is 19.5 Å². The molecule has 1 aliphatic rings. The Kier molecular flexibility index (Phi) is 6.50. The lowest BCUT2D eigenvalue weighted by Crippen LogP contribution is -2.22. The number of nitrogens with one attached hydrogen (secondary N) is 1. The fraction of sp³-hybridized carbons (Fsp3) is 0.417. The van der Waals surface area contributed by atoms with E-state index < -0.39 is 11.4 Å². The molecule has 0 radical (unpaired) electrons. The fourth-order valence-electron chi connectivity index (χ4n) is 4.05. The Morgan fingerprint density at radius 3 is 2.84 bits per heavy atom. The standard InChI is InChI=1S/C24H29N5O3/c1-4-32-23(31)20-15-29(18-10-9-16-7-5-8-17(16)13-18)22-19(21(20)30)14-26-24(27-22)25-11-6-12-28(2)3/h9-10,13-15H,4-8,11-12H2,1-3H3,(H,25,26,27). The van der Waals surface area contributed by atoms with Crippen LogP contribution in [-0.4, -0.2) is 59.2 Å². The summed E-state index contributed by atoms with van der Waals surface area (Å²) in [6.07, 6.45) is 7.22. The number of aryl methyl sites for hydroxylation is 2. The van der Waals surface area contributed by atoms with Crippen LogP contribution >= 0.6 is 0 Å². The largest absolute Gasteiger partial charge is 0.462 e. The zero-order valence-electron chi connectivity index (χ0n) is 18.9. The Labute approximate surface area is 187 Å². The first-order valence-electron chi connectivity index (χ1n) is 11.1. The summed E-state index contributed by atoms with van der Waals surface area (Å²) in [5.74, 6) is -0.186. The van der Waals surface area contributed by atoms with E-state index in [4.69, 9.17) is 4.74 Å². The summed E-state index contributed by atoms with van der Waals surface area (Å²) in [5.41, 5.74) is 3.53. The Balaban J connectivity index is 1.80. The molecule has 0 atom stereocenters. The number of esters is 1. The molecule has 0 bridgehead atoms. The molecule has 0 aliphatic heterocycles. The predicted octanol–water partition coefficient (Wildman–Crippen LogP) is 2.81. The van der Waals surface area contributed by atoms with Gasteiger partial charge in [0.1, 0.15) is 5.56 Å². The lowest BCUT2D eigenvalue weighted by Gasteiger charge is -2.15. The molecule has 0 spiro atoms. The number of nitrogens with zero attached hydrogens (tertiary/aromatic N) is 4. The average Bonchev–Trinajstić information content (AvgIpc) is 3.25. The van der Waals surface area contributed by atoms with E-state index in [9.17, 15) is 9.59 Å². The average molecular weight is 436 g/mol. The Hall–Kier alpha value is -3.26. The summed E-state index contributed by atoms with van der Waals surface area (Å²) < 4.78 is 6.92. The van der Waals surface area contributed by atoms with E-state index >= 15 is 0 Å². The number of anilines is 1. The monoisotopic (exact) mass is 435 g/mol. The van der Waals surface area contributed by atoms with Crippen LogP contribution in [-0.2, 0) is 17.6 Å². The number of carbonyl (C=O) groups is 1. The molecule has 1 N–H and O–H groups in total. The van der Waals surface area contributed by atoms with Crippen LogP contribution in [0.4, 0.5) is 5.95 Å². The summed E-state index contributed by atoms with van der Waals surface area (Å²) in [6.45, 7) is 3.58. The van der Waals surface area contributed by atoms with E-state index in [2.05, 4.69) is 32.3 Å². The molecule has 4 rings (SSSR count). The van der Waals surface area contributed by atoms with E-state index in [-0.39, 0.29) is 17.6 Å². The summed E-state index contributed by atoms with van der Waals surface area (Å²) in [6, 6.07) is 6.25. The third-order valence-corrected chi connectivity index (χ3v) is 5.67. The van der Waals surface area contributed by atoms with Crippen molar-refractivity contribution in [1.29, 1.82) is 0 Å². The van der Waals surface area contributed by atoms with Crippen molar-refractivity contribution in [2.45, 2.75) is 32.6 Å². The van der Waals surface area contributed by atoms with Crippen LogP contribution in [0.25, 0.3) is 16.7 Å². The first-order valence-corrected chi connectivity index (χ1v) is 11.1. The topological polar surface area (TPSA) is 89.3 Å². The zero-order chi connectivity index (χ0) is 22.7. The van der Waals surface area contributed by atoms with Crippen LogP contribution in [0.3, 0.4) is 0 Å². The summed E-state index contributed by atoms with van der Waals surface area (Å²) >= 11 is 0. The molecule has 32 heavy (non-hydrogen) atoms. The van der Waals surface area contributed by atoms with Gasteiger partial charge in [-0.05, 0) is 76.5 Å². The fourth-order valence-corrected chi connectivity index (χ4v) is 4.05. The second kappa shape index (κ2) is 9.48. The number of pyridine rings is 1. The first kappa shape index (κ1) is 22.0. The van der Waals surface area contributed by atoms with Gasteiger partial charge in [-0.25, -0.2) is 9.78 Å². The maximum absolute atomic E-state index is 13.0. The maximum atomic E-state index is 13.0. The van der Waals surface area contributed by atoms with Gasteiger partial charge in [-0.2, -0.15) is 4.98 Å². The second-order valence-electron chi connectivity index (χ2n) is 8.28. The van der Waals surface area contributed by atoms with E-state index in [1.54, 1.807) is 17.7 Å². The van der Waals surface area contributed by atoms with Gasteiger partial charge >= 0.3 is 5.97 Å². The van der Waals surface area contributed by atoms with Gasteiger partial charge in [0.25, 0.3) is 0 Å². The summed E-state index contributed by atoms with van der Waals surface area (Å²) in [7, 11) is 4.06. The van der Waals surface area contributed by atoms with Gasteiger partial charge in [0.15, 0.2) is 5.65 Å². The number of hydrogen-bond donors (Lipinski definition) is 1. The molecule has 0 amide bonds. The molecule has 0 unspecified atom stereocenters. The molecule has 1 aliphatic carbocycles. The van der Waals surface area contributed by atoms with Gasteiger partial charge in [-0.3, -0.25) is 4.79 Å². The molecule has 2 aromatic heterocycles. The minimum Gasteiger partial charge on any atom is -0.462 e.